The van der Waals surface area contributed by atoms with E-state index in [1.54, 1.807) is 48.5 Å². The van der Waals surface area contributed by atoms with E-state index >= 15 is 0 Å². The molecule has 8 heteroatoms. The Hall–Kier alpha value is -3.19. The Balaban J connectivity index is 1.29. The quantitative estimate of drug-likeness (QED) is 0.371. The van der Waals surface area contributed by atoms with Crippen LogP contribution < -0.4 is 14.5 Å². The molecule has 5 rings (SSSR count). The molecule has 34 heavy (non-hydrogen) atoms. The number of hydrogen-bond acceptors (Lipinski definition) is 5. The van der Waals surface area contributed by atoms with Crippen molar-refractivity contribution in [3.05, 3.63) is 53.6 Å². The van der Waals surface area contributed by atoms with Crippen LogP contribution in [0.5, 0.6) is 5.75 Å². The molecule has 0 spiro atoms. The number of esters is 1. The first kappa shape index (κ1) is 22.6. The van der Waals surface area contributed by atoms with Crippen LogP contribution in [0.1, 0.15) is 32.6 Å². The molecular weight excluding hydrogens is 456 g/mol. The van der Waals surface area contributed by atoms with Crippen LogP contribution in [0.3, 0.4) is 0 Å². The molecule has 3 fully saturated rings. The van der Waals surface area contributed by atoms with Gasteiger partial charge in [0.25, 0.3) is 0 Å². The van der Waals surface area contributed by atoms with Gasteiger partial charge in [-0.2, -0.15) is 0 Å². The van der Waals surface area contributed by atoms with Gasteiger partial charge in [0.05, 0.1) is 23.4 Å². The number of hydrogen-bond donors (Lipinski definition) is 0. The number of amides is 3. The zero-order valence-electron chi connectivity index (χ0n) is 18.8. The molecule has 2 aromatic rings. The van der Waals surface area contributed by atoms with Gasteiger partial charge in [-0.05, 0) is 55.5 Å². The van der Waals surface area contributed by atoms with Crippen LogP contribution in [0, 0.1) is 23.7 Å². The smallest absolute Gasteiger partial charge is 0.316 e. The van der Waals surface area contributed by atoms with Crippen molar-refractivity contribution >= 4 is 46.7 Å². The summed E-state index contributed by atoms with van der Waals surface area (Å²) in [5.41, 5.74) is 1.04. The Morgan fingerprint density at radius 2 is 1.71 bits per heavy atom. The Labute approximate surface area is 202 Å². The zero-order chi connectivity index (χ0) is 24.0. The monoisotopic (exact) mass is 480 g/mol. The SMILES string of the molecule is C[C@@H]1CC[C@@H]2C(=O)N(c3cccc(OC(=O)[C@H]4CC(=O)N(c5cccc(Cl)c5)C4)c3)C(=O)[C@@H]2C1. The van der Waals surface area contributed by atoms with E-state index in [2.05, 4.69) is 6.92 Å². The summed E-state index contributed by atoms with van der Waals surface area (Å²) < 4.78 is 5.57. The highest BCUT2D eigenvalue weighted by Crippen LogP contribution is 2.42. The van der Waals surface area contributed by atoms with Crippen molar-refractivity contribution in [2.75, 3.05) is 16.3 Å². The predicted octanol–water partition coefficient (Wildman–Crippen LogP) is 4.22. The fraction of sp³-hybridized carbons (Fsp3) is 0.385. The van der Waals surface area contributed by atoms with Crippen LogP contribution in [0.2, 0.25) is 5.02 Å². The number of benzene rings is 2. The highest BCUT2D eigenvalue weighted by Gasteiger charge is 2.50. The fourth-order valence-electron chi connectivity index (χ4n) is 5.29. The Morgan fingerprint density at radius 3 is 2.50 bits per heavy atom. The molecule has 4 atom stereocenters. The number of anilines is 2. The summed E-state index contributed by atoms with van der Waals surface area (Å²) in [7, 11) is 0. The minimum absolute atomic E-state index is 0.0374. The molecule has 0 bridgehead atoms. The molecule has 1 aliphatic carbocycles. The average Bonchev–Trinajstić information content (AvgIpc) is 3.31. The Morgan fingerprint density at radius 1 is 0.971 bits per heavy atom. The van der Waals surface area contributed by atoms with Gasteiger partial charge in [-0.25, -0.2) is 4.90 Å². The number of carbonyl (C=O) groups excluding carboxylic acids is 4. The maximum atomic E-state index is 13.0. The van der Waals surface area contributed by atoms with Crippen LogP contribution in [0.15, 0.2) is 48.5 Å². The Bertz CT molecular complexity index is 1180. The minimum atomic E-state index is -0.630. The predicted molar refractivity (Wildman–Crippen MR) is 126 cm³/mol. The number of nitrogens with zero attached hydrogens (tertiary/aromatic N) is 2. The molecule has 2 aliphatic heterocycles. The van der Waals surface area contributed by atoms with Crippen molar-refractivity contribution in [1.29, 1.82) is 0 Å². The zero-order valence-corrected chi connectivity index (χ0v) is 19.5. The second-order valence-electron chi connectivity index (χ2n) is 9.45. The van der Waals surface area contributed by atoms with Crippen molar-refractivity contribution < 1.29 is 23.9 Å². The molecule has 0 N–H and O–H groups in total. The summed E-state index contributed by atoms with van der Waals surface area (Å²) in [5.74, 6) is -1.58. The van der Waals surface area contributed by atoms with Gasteiger partial charge < -0.3 is 9.64 Å². The summed E-state index contributed by atoms with van der Waals surface area (Å²) in [6.45, 7) is 2.31. The van der Waals surface area contributed by atoms with E-state index in [1.807, 2.05) is 0 Å². The van der Waals surface area contributed by atoms with E-state index in [4.69, 9.17) is 16.3 Å². The number of halogens is 1. The largest absolute Gasteiger partial charge is 0.426 e. The first-order chi connectivity index (χ1) is 16.3. The summed E-state index contributed by atoms with van der Waals surface area (Å²) >= 11 is 6.03. The third kappa shape index (κ3) is 4.09. The van der Waals surface area contributed by atoms with Crippen molar-refractivity contribution in [2.24, 2.45) is 23.7 Å². The van der Waals surface area contributed by atoms with Crippen molar-refractivity contribution in [2.45, 2.75) is 32.6 Å². The molecule has 2 saturated heterocycles. The molecule has 3 amide bonds. The lowest BCUT2D eigenvalue weighted by atomic mass is 9.76. The first-order valence-electron chi connectivity index (χ1n) is 11.6. The highest BCUT2D eigenvalue weighted by atomic mass is 35.5. The summed E-state index contributed by atoms with van der Waals surface area (Å²) in [5, 5.41) is 0.508. The van der Waals surface area contributed by atoms with Gasteiger partial charge in [-0.1, -0.05) is 30.7 Å². The van der Waals surface area contributed by atoms with Crippen molar-refractivity contribution in [1.82, 2.24) is 0 Å². The third-order valence-corrected chi connectivity index (χ3v) is 7.30. The van der Waals surface area contributed by atoms with Crippen molar-refractivity contribution in [3.8, 4) is 5.75 Å². The van der Waals surface area contributed by atoms with Gasteiger partial charge in [-0.15, -0.1) is 0 Å². The van der Waals surface area contributed by atoms with Gasteiger partial charge in [0.15, 0.2) is 0 Å². The normalized spacial score (nSPS) is 26.7. The molecule has 2 aromatic carbocycles. The number of carbonyl (C=O) groups is 4. The molecule has 3 aliphatic rings. The molecule has 2 heterocycles. The number of imide groups is 1. The van der Waals surface area contributed by atoms with E-state index in [0.717, 1.165) is 19.3 Å². The van der Waals surface area contributed by atoms with Gasteiger partial charge in [-0.3, -0.25) is 19.2 Å². The van der Waals surface area contributed by atoms with Gasteiger partial charge >= 0.3 is 5.97 Å². The second-order valence-corrected chi connectivity index (χ2v) is 9.88. The number of fused-ring (bicyclic) bond motifs is 1. The van der Waals surface area contributed by atoms with Crippen LogP contribution in [0.4, 0.5) is 11.4 Å². The topological polar surface area (TPSA) is 84.0 Å². The standard InChI is InChI=1S/C26H25ClN2O5/c1-15-8-9-21-22(10-15)25(32)29(24(21)31)19-6-3-7-20(13-19)34-26(33)16-11-23(30)28(14-16)18-5-2-4-17(27)12-18/h2-7,12-13,15-16,21-22H,8-11,14H2,1H3/t15-,16+,21+,22-/m1/s1. The van der Waals surface area contributed by atoms with Crippen LogP contribution in [0.25, 0.3) is 0 Å². The molecule has 0 radical (unpaired) electrons. The van der Waals surface area contributed by atoms with E-state index in [-0.39, 0.29) is 48.3 Å². The lowest BCUT2D eigenvalue weighted by Crippen LogP contribution is -2.31. The molecular formula is C26H25ClN2O5. The van der Waals surface area contributed by atoms with Gasteiger partial charge in [0.1, 0.15) is 5.75 Å². The van der Waals surface area contributed by atoms with Crippen molar-refractivity contribution in [3.63, 3.8) is 0 Å². The van der Waals surface area contributed by atoms with E-state index in [0.29, 0.717) is 22.3 Å². The molecule has 0 aromatic heterocycles. The number of rotatable bonds is 4. The lowest BCUT2D eigenvalue weighted by molar-refractivity contribution is -0.139. The molecule has 7 nitrogen and oxygen atoms in total. The van der Waals surface area contributed by atoms with Crippen LogP contribution >= 0.6 is 11.6 Å². The molecule has 1 saturated carbocycles. The summed E-state index contributed by atoms with van der Waals surface area (Å²) in [6.07, 6.45) is 2.42. The summed E-state index contributed by atoms with van der Waals surface area (Å²) in [6, 6.07) is 13.4. The summed E-state index contributed by atoms with van der Waals surface area (Å²) in [4.78, 5) is 54.1. The average molecular weight is 481 g/mol. The highest BCUT2D eigenvalue weighted by molar-refractivity contribution is 6.31. The first-order valence-corrected chi connectivity index (χ1v) is 11.9. The fourth-order valence-corrected chi connectivity index (χ4v) is 5.47. The van der Waals surface area contributed by atoms with Crippen LogP contribution in [-0.4, -0.2) is 30.2 Å². The van der Waals surface area contributed by atoms with Crippen LogP contribution in [-0.2, 0) is 19.2 Å². The second kappa shape index (κ2) is 8.87. The van der Waals surface area contributed by atoms with Gasteiger partial charge in [0.2, 0.25) is 17.7 Å². The number of ether oxygens (including phenoxy) is 1. The maximum Gasteiger partial charge on any atom is 0.316 e. The third-order valence-electron chi connectivity index (χ3n) is 7.06. The van der Waals surface area contributed by atoms with E-state index < -0.39 is 11.9 Å². The minimum Gasteiger partial charge on any atom is -0.426 e. The lowest BCUT2D eigenvalue weighted by Gasteiger charge is -2.25. The molecule has 176 valence electrons. The van der Waals surface area contributed by atoms with Gasteiger partial charge in [0, 0.05) is 29.7 Å². The Kier molecular flexibility index (Phi) is 5.90. The van der Waals surface area contributed by atoms with E-state index in [1.165, 1.54) is 9.80 Å². The molecule has 0 unspecified atom stereocenters. The van der Waals surface area contributed by atoms with E-state index in [9.17, 15) is 19.2 Å². The maximum absolute atomic E-state index is 13.0.